The van der Waals surface area contributed by atoms with E-state index < -0.39 is 0 Å². The maximum Gasteiger partial charge on any atom is 0.259 e. The van der Waals surface area contributed by atoms with E-state index in [2.05, 4.69) is 20.3 Å². The summed E-state index contributed by atoms with van der Waals surface area (Å²) in [6.45, 7) is 0.466. The Morgan fingerprint density at radius 2 is 1.93 bits per heavy atom. The molecule has 0 saturated carbocycles. The molecule has 0 aliphatic carbocycles. The van der Waals surface area contributed by atoms with Gasteiger partial charge in [0.1, 0.15) is 0 Å². The third-order valence-electron chi connectivity index (χ3n) is 4.32. The normalized spacial score (nSPS) is 11.0. The molecule has 0 aliphatic heterocycles. The average Bonchev–Trinajstić information content (AvgIpc) is 2.67. The predicted octanol–water partition coefficient (Wildman–Crippen LogP) is 3.11. The van der Waals surface area contributed by atoms with Crippen LogP contribution in [0.15, 0.2) is 59.4 Å². The molecule has 7 heteroatoms. The maximum absolute atomic E-state index is 12.4. The molecule has 0 fully saturated rings. The topological polar surface area (TPSA) is 90.6 Å². The number of benzene rings is 2. The number of aromatic amines is 2. The largest absolute Gasteiger partial charge is 0.352 e. The minimum Gasteiger partial charge on any atom is -0.352 e. The first kappa shape index (κ1) is 17.1. The zero-order chi connectivity index (χ0) is 18.8. The molecule has 0 spiro atoms. The molecule has 0 aliphatic rings. The van der Waals surface area contributed by atoms with Crippen LogP contribution >= 0.6 is 12.2 Å². The first-order valence-corrected chi connectivity index (χ1v) is 8.90. The molecule has 27 heavy (non-hydrogen) atoms. The summed E-state index contributed by atoms with van der Waals surface area (Å²) in [6.07, 6.45) is 0.631. The van der Waals surface area contributed by atoms with Gasteiger partial charge in [-0.1, -0.05) is 24.3 Å². The van der Waals surface area contributed by atoms with E-state index in [0.717, 1.165) is 16.6 Å². The molecular weight excluding hydrogens is 360 g/mol. The van der Waals surface area contributed by atoms with Crippen molar-refractivity contribution in [3.8, 4) is 0 Å². The third kappa shape index (κ3) is 3.63. The summed E-state index contributed by atoms with van der Waals surface area (Å²) in [4.78, 5) is 34.3. The molecule has 2 heterocycles. The Morgan fingerprint density at radius 1 is 1.07 bits per heavy atom. The fourth-order valence-electron chi connectivity index (χ4n) is 2.96. The molecule has 1 amide bonds. The highest BCUT2D eigenvalue weighted by molar-refractivity contribution is 7.71. The molecule has 0 atom stereocenters. The van der Waals surface area contributed by atoms with Crippen LogP contribution in [0, 0.1) is 4.77 Å². The Labute approximate surface area is 159 Å². The molecule has 134 valence electrons. The van der Waals surface area contributed by atoms with E-state index >= 15 is 0 Å². The molecule has 4 aromatic rings. The molecule has 0 unspecified atom stereocenters. The van der Waals surface area contributed by atoms with Crippen molar-refractivity contribution in [3.63, 3.8) is 0 Å². The number of hydrogen-bond acceptors (Lipinski definition) is 4. The summed E-state index contributed by atoms with van der Waals surface area (Å²) in [5.74, 6) is -0.211. The number of carbonyl (C=O) groups is 1. The number of nitrogens with zero attached hydrogens (tertiary/aromatic N) is 1. The van der Waals surface area contributed by atoms with Crippen LogP contribution in [0.3, 0.4) is 0 Å². The van der Waals surface area contributed by atoms with E-state index in [1.54, 1.807) is 18.2 Å². The van der Waals surface area contributed by atoms with Crippen molar-refractivity contribution in [2.75, 3.05) is 6.54 Å². The third-order valence-corrected chi connectivity index (χ3v) is 4.53. The van der Waals surface area contributed by atoms with Crippen LogP contribution in [-0.4, -0.2) is 27.4 Å². The van der Waals surface area contributed by atoms with Crippen molar-refractivity contribution in [1.82, 2.24) is 20.3 Å². The van der Waals surface area contributed by atoms with Gasteiger partial charge in [-0.2, -0.15) is 0 Å². The van der Waals surface area contributed by atoms with Crippen LogP contribution in [0.2, 0.25) is 0 Å². The molecule has 0 saturated heterocycles. The highest BCUT2D eigenvalue weighted by Crippen LogP contribution is 2.12. The van der Waals surface area contributed by atoms with Crippen molar-refractivity contribution < 1.29 is 4.79 Å². The molecule has 2 aromatic carbocycles. The van der Waals surface area contributed by atoms with E-state index in [-0.39, 0.29) is 16.2 Å². The zero-order valence-corrected chi connectivity index (χ0v) is 15.1. The van der Waals surface area contributed by atoms with Crippen LogP contribution in [0.4, 0.5) is 0 Å². The van der Waals surface area contributed by atoms with Gasteiger partial charge in [-0.15, -0.1) is 0 Å². The van der Waals surface area contributed by atoms with E-state index in [1.165, 1.54) is 0 Å². The number of H-pyrrole nitrogens is 2. The number of aromatic nitrogens is 3. The zero-order valence-electron chi connectivity index (χ0n) is 14.3. The Balaban J connectivity index is 1.46. The number of hydrogen-bond donors (Lipinski definition) is 3. The van der Waals surface area contributed by atoms with Crippen molar-refractivity contribution in [2.45, 2.75) is 6.42 Å². The number of carbonyl (C=O) groups excluding carboxylic acids is 1. The number of nitrogens with one attached hydrogen (secondary N) is 3. The van der Waals surface area contributed by atoms with Gasteiger partial charge in [-0.3, -0.25) is 19.6 Å². The Morgan fingerprint density at radius 3 is 2.81 bits per heavy atom. The van der Waals surface area contributed by atoms with Crippen LogP contribution in [-0.2, 0) is 6.42 Å². The standard InChI is InChI=1S/C20H16N4O2S/c25-18(13-6-8-15-17(11-13)23-20(27)24-19(15)26)21-10-9-14-7-5-12-3-1-2-4-16(12)22-14/h1-8,11H,9-10H2,(H,21,25)(H2,23,24,26,27). The molecule has 0 bridgehead atoms. The van der Waals surface area contributed by atoms with E-state index in [4.69, 9.17) is 12.2 Å². The first-order valence-electron chi connectivity index (χ1n) is 8.49. The Hall–Kier alpha value is -3.32. The van der Waals surface area contributed by atoms with Gasteiger partial charge in [0.15, 0.2) is 4.77 Å². The van der Waals surface area contributed by atoms with Crippen molar-refractivity contribution >= 4 is 39.9 Å². The smallest absolute Gasteiger partial charge is 0.259 e. The monoisotopic (exact) mass is 376 g/mol. The highest BCUT2D eigenvalue weighted by atomic mass is 32.1. The number of amides is 1. The van der Waals surface area contributed by atoms with E-state index in [9.17, 15) is 9.59 Å². The van der Waals surface area contributed by atoms with E-state index in [0.29, 0.717) is 29.4 Å². The summed E-state index contributed by atoms with van der Waals surface area (Å²) < 4.78 is 0.229. The molecule has 0 radical (unpaired) electrons. The summed E-state index contributed by atoms with van der Waals surface area (Å²) in [5, 5.41) is 4.43. The van der Waals surface area contributed by atoms with Crippen LogP contribution in [0.25, 0.3) is 21.8 Å². The van der Waals surface area contributed by atoms with Crippen LogP contribution in [0.1, 0.15) is 16.1 Å². The number of fused-ring (bicyclic) bond motifs is 2. The second kappa shape index (κ2) is 7.13. The van der Waals surface area contributed by atoms with Crippen LogP contribution < -0.4 is 10.9 Å². The predicted molar refractivity (Wildman–Crippen MR) is 108 cm³/mol. The quantitative estimate of drug-likeness (QED) is 0.477. The van der Waals surface area contributed by atoms with Crippen LogP contribution in [0.5, 0.6) is 0 Å². The number of rotatable bonds is 4. The summed E-state index contributed by atoms with van der Waals surface area (Å²) in [5.41, 5.74) is 2.58. The van der Waals surface area contributed by atoms with Gasteiger partial charge < -0.3 is 10.3 Å². The fourth-order valence-corrected chi connectivity index (χ4v) is 3.17. The average molecular weight is 376 g/mol. The lowest BCUT2D eigenvalue weighted by molar-refractivity contribution is 0.0954. The van der Waals surface area contributed by atoms with Gasteiger partial charge in [-0.25, -0.2) is 0 Å². The number of para-hydroxylation sites is 1. The first-order chi connectivity index (χ1) is 13.1. The summed E-state index contributed by atoms with van der Waals surface area (Å²) >= 11 is 4.97. The maximum atomic E-state index is 12.4. The van der Waals surface area contributed by atoms with Crippen molar-refractivity contribution in [1.29, 1.82) is 0 Å². The van der Waals surface area contributed by atoms with Crippen molar-refractivity contribution in [2.24, 2.45) is 0 Å². The van der Waals surface area contributed by atoms with Gasteiger partial charge in [0.2, 0.25) is 0 Å². The Kier molecular flexibility index (Phi) is 4.52. The van der Waals surface area contributed by atoms with Crippen molar-refractivity contribution in [3.05, 3.63) is 81.0 Å². The molecular formula is C20H16N4O2S. The Bertz CT molecular complexity index is 1280. The second-order valence-electron chi connectivity index (χ2n) is 6.17. The molecule has 6 nitrogen and oxygen atoms in total. The second-order valence-corrected chi connectivity index (χ2v) is 6.58. The SMILES string of the molecule is O=C(NCCc1ccc2ccccc2n1)c1ccc2c(=O)[nH]c(=S)[nH]c2c1. The van der Waals surface area contributed by atoms with Gasteiger partial charge in [0.05, 0.1) is 16.4 Å². The van der Waals surface area contributed by atoms with E-state index in [1.807, 2.05) is 36.4 Å². The highest BCUT2D eigenvalue weighted by Gasteiger charge is 2.08. The lowest BCUT2D eigenvalue weighted by Crippen LogP contribution is -2.26. The van der Waals surface area contributed by atoms with Gasteiger partial charge in [-0.05, 0) is 42.5 Å². The van der Waals surface area contributed by atoms with Gasteiger partial charge >= 0.3 is 0 Å². The molecule has 4 rings (SSSR count). The lowest BCUT2D eigenvalue weighted by atomic mass is 10.1. The summed E-state index contributed by atoms with van der Waals surface area (Å²) in [6, 6.07) is 16.8. The van der Waals surface area contributed by atoms with Gasteiger partial charge in [0.25, 0.3) is 11.5 Å². The molecule has 3 N–H and O–H groups in total. The lowest BCUT2D eigenvalue weighted by Gasteiger charge is -2.07. The minimum atomic E-state index is -0.275. The minimum absolute atomic E-state index is 0.211. The van der Waals surface area contributed by atoms with Gasteiger partial charge in [0, 0.05) is 29.6 Å². The number of pyridine rings is 1. The fraction of sp³-hybridized carbons (Fsp3) is 0.100. The molecule has 2 aromatic heterocycles. The summed E-state index contributed by atoms with van der Waals surface area (Å²) in [7, 11) is 0.